The normalized spacial score (nSPS) is 14.8. The van der Waals surface area contributed by atoms with Gasteiger partial charge >= 0.3 is 0 Å². The number of halogens is 1. The van der Waals surface area contributed by atoms with Crippen molar-refractivity contribution in [1.82, 2.24) is 0 Å². The quantitative estimate of drug-likeness (QED) is 0.773. The van der Waals surface area contributed by atoms with Crippen LogP contribution < -0.4 is 5.73 Å². The van der Waals surface area contributed by atoms with Crippen LogP contribution in [0.25, 0.3) is 0 Å². The third kappa shape index (κ3) is 4.77. The molecule has 0 heterocycles. The molecule has 3 heteroatoms. The Labute approximate surface area is 108 Å². The largest absolute Gasteiger partial charge is 0.327 e. The molecule has 0 fully saturated rings. The molecule has 0 amide bonds. The van der Waals surface area contributed by atoms with E-state index in [0.717, 1.165) is 10.8 Å². The van der Waals surface area contributed by atoms with Crippen molar-refractivity contribution in [2.75, 3.05) is 5.75 Å². The molecule has 16 heavy (non-hydrogen) atoms. The van der Waals surface area contributed by atoms with Crippen molar-refractivity contribution in [3.05, 3.63) is 29.3 Å². The molecule has 1 aromatic carbocycles. The van der Waals surface area contributed by atoms with Gasteiger partial charge in [0.2, 0.25) is 0 Å². The minimum absolute atomic E-state index is 0.278. The van der Waals surface area contributed by atoms with Crippen molar-refractivity contribution in [3.63, 3.8) is 0 Å². The summed E-state index contributed by atoms with van der Waals surface area (Å²) in [5.74, 6) is 1.58. The number of hydrogen-bond donors (Lipinski definition) is 1. The molecule has 0 radical (unpaired) electrons. The van der Waals surface area contributed by atoms with Gasteiger partial charge in [-0.15, -0.1) is 11.8 Å². The average molecular weight is 258 g/mol. The summed E-state index contributed by atoms with van der Waals surface area (Å²) in [4.78, 5) is 1.24. The Balaban J connectivity index is 2.36. The van der Waals surface area contributed by atoms with E-state index in [0.29, 0.717) is 5.92 Å². The Morgan fingerprint density at radius 1 is 1.31 bits per heavy atom. The van der Waals surface area contributed by atoms with E-state index in [2.05, 4.69) is 13.8 Å². The summed E-state index contributed by atoms with van der Waals surface area (Å²) in [6.07, 6.45) is 2.42. The van der Waals surface area contributed by atoms with Crippen molar-refractivity contribution in [3.8, 4) is 0 Å². The van der Waals surface area contributed by atoms with E-state index in [9.17, 15) is 0 Å². The zero-order valence-electron chi connectivity index (χ0n) is 9.95. The second-order valence-electron chi connectivity index (χ2n) is 4.19. The molecule has 0 saturated carbocycles. The highest BCUT2D eigenvalue weighted by molar-refractivity contribution is 7.99. The number of hydrogen-bond acceptors (Lipinski definition) is 2. The summed E-state index contributed by atoms with van der Waals surface area (Å²) < 4.78 is 0. The zero-order chi connectivity index (χ0) is 12.0. The van der Waals surface area contributed by atoms with Gasteiger partial charge in [-0.05, 0) is 36.6 Å². The minimum atomic E-state index is 0.278. The Hall–Kier alpha value is -0.180. The molecule has 2 N–H and O–H groups in total. The molecule has 0 bridgehead atoms. The monoisotopic (exact) mass is 257 g/mol. The van der Waals surface area contributed by atoms with Crippen molar-refractivity contribution in [2.24, 2.45) is 11.7 Å². The summed E-state index contributed by atoms with van der Waals surface area (Å²) >= 11 is 7.64. The summed E-state index contributed by atoms with van der Waals surface area (Å²) in [6.45, 7) is 4.44. The smallest absolute Gasteiger partial charge is 0.0406 e. The van der Waals surface area contributed by atoms with Crippen molar-refractivity contribution in [2.45, 2.75) is 37.6 Å². The Kier molecular flexibility index (Phi) is 6.25. The van der Waals surface area contributed by atoms with E-state index in [1.54, 1.807) is 0 Å². The fraction of sp³-hybridized carbons (Fsp3) is 0.538. The molecule has 2 atom stereocenters. The number of rotatable bonds is 6. The fourth-order valence-corrected chi connectivity index (χ4v) is 2.72. The van der Waals surface area contributed by atoms with Gasteiger partial charge in [-0.25, -0.2) is 0 Å². The molecule has 1 nitrogen and oxygen atoms in total. The van der Waals surface area contributed by atoms with Gasteiger partial charge in [-0.1, -0.05) is 31.9 Å². The molecule has 0 aliphatic carbocycles. The summed E-state index contributed by atoms with van der Waals surface area (Å²) in [7, 11) is 0. The maximum absolute atomic E-state index is 6.13. The first-order chi connectivity index (χ1) is 7.63. The maximum atomic E-state index is 6.13. The summed E-state index contributed by atoms with van der Waals surface area (Å²) in [6, 6.07) is 8.21. The first-order valence-corrected chi connectivity index (χ1v) is 7.13. The molecule has 0 saturated heterocycles. The van der Waals surface area contributed by atoms with Crippen LogP contribution in [0.2, 0.25) is 5.02 Å². The molecular formula is C13H20ClNS. The summed E-state index contributed by atoms with van der Waals surface area (Å²) in [5, 5.41) is 0.785. The lowest BCUT2D eigenvalue weighted by atomic mass is 9.99. The van der Waals surface area contributed by atoms with E-state index >= 15 is 0 Å². The van der Waals surface area contributed by atoms with Gasteiger partial charge in [-0.3, -0.25) is 0 Å². The van der Waals surface area contributed by atoms with Crippen LogP contribution >= 0.6 is 23.4 Å². The van der Waals surface area contributed by atoms with E-state index in [-0.39, 0.29) is 6.04 Å². The predicted octanol–water partition coefficient (Wildman–Crippen LogP) is 4.20. The van der Waals surface area contributed by atoms with Crippen LogP contribution in [0.1, 0.15) is 26.7 Å². The molecule has 0 aromatic heterocycles. The van der Waals surface area contributed by atoms with Gasteiger partial charge in [0.25, 0.3) is 0 Å². The first kappa shape index (κ1) is 13.9. The van der Waals surface area contributed by atoms with Crippen LogP contribution in [0.15, 0.2) is 29.2 Å². The molecule has 0 aliphatic heterocycles. The van der Waals surface area contributed by atoms with Gasteiger partial charge < -0.3 is 5.73 Å². The minimum Gasteiger partial charge on any atom is -0.327 e. The predicted molar refractivity (Wildman–Crippen MR) is 74.2 cm³/mol. The lowest BCUT2D eigenvalue weighted by Gasteiger charge is -2.18. The second kappa shape index (κ2) is 7.21. The lowest BCUT2D eigenvalue weighted by molar-refractivity contribution is 0.450. The van der Waals surface area contributed by atoms with Crippen LogP contribution in [0.5, 0.6) is 0 Å². The SMILES string of the molecule is CCCC(C)C(N)CSc1ccc(Cl)cc1. The van der Waals surface area contributed by atoms with E-state index in [4.69, 9.17) is 17.3 Å². The molecule has 1 rings (SSSR count). The molecule has 90 valence electrons. The number of thioether (sulfide) groups is 1. The van der Waals surface area contributed by atoms with Crippen molar-refractivity contribution >= 4 is 23.4 Å². The second-order valence-corrected chi connectivity index (χ2v) is 5.72. The fourth-order valence-electron chi connectivity index (χ4n) is 1.56. The Morgan fingerprint density at radius 2 is 1.94 bits per heavy atom. The Morgan fingerprint density at radius 3 is 2.50 bits per heavy atom. The number of benzene rings is 1. The highest BCUT2D eigenvalue weighted by Gasteiger charge is 2.11. The van der Waals surface area contributed by atoms with Crippen LogP contribution in [0.4, 0.5) is 0 Å². The van der Waals surface area contributed by atoms with Crippen molar-refractivity contribution < 1.29 is 0 Å². The van der Waals surface area contributed by atoms with E-state index in [1.807, 2.05) is 36.0 Å². The van der Waals surface area contributed by atoms with Gasteiger partial charge in [0.05, 0.1) is 0 Å². The lowest BCUT2D eigenvalue weighted by Crippen LogP contribution is -2.30. The van der Waals surface area contributed by atoms with Gasteiger partial charge in [0.1, 0.15) is 0 Å². The average Bonchev–Trinajstić information content (AvgIpc) is 2.28. The van der Waals surface area contributed by atoms with Gasteiger partial charge in [-0.2, -0.15) is 0 Å². The molecule has 0 spiro atoms. The van der Waals surface area contributed by atoms with E-state index < -0.39 is 0 Å². The molecular weight excluding hydrogens is 238 g/mol. The van der Waals surface area contributed by atoms with Crippen LogP contribution in [-0.4, -0.2) is 11.8 Å². The van der Waals surface area contributed by atoms with E-state index in [1.165, 1.54) is 17.7 Å². The zero-order valence-corrected chi connectivity index (χ0v) is 11.5. The first-order valence-electron chi connectivity index (χ1n) is 5.77. The van der Waals surface area contributed by atoms with Gasteiger partial charge in [0.15, 0.2) is 0 Å². The maximum Gasteiger partial charge on any atom is 0.0406 e. The third-order valence-electron chi connectivity index (χ3n) is 2.73. The standard InChI is InChI=1S/C13H20ClNS/c1-3-4-10(2)13(15)9-16-12-7-5-11(14)6-8-12/h5-8,10,13H,3-4,9,15H2,1-2H3. The van der Waals surface area contributed by atoms with Crippen LogP contribution in [-0.2, 0) is 0 Å². The topological polar surface area (TPSA) is 26.0 Å². The van der Waals surface area contributed by atoms with Crippen LogP contribution in [0.3, 0.4) is 0 Å². The Bertz CT molecular complexity index is 299. The molecule has 1 aromatic rings. The summed E-state index contributed by atoms with van der Waals surface area (Å²) in [5.41, 5.74) is 6.13. The third-order valence-corrected chi connectivity index (χ3v) is 4.14. The van der Waals surface area contributed by atoms with Gasteiger partial charge in [0, 0.05) is 21.7 Å². The highest BCUT2D eigenvalue weighted by Crippen LogP contribution is 2.23. The van der Waals surface area contributed by atoms with Crippen LogP contribution in [0, 0.1) is 5.92 Å². The highest BCUT2D eigenvalue weighted by atomic mass is 35.5. The molecule has 2 unspecified atom stereocenters. The molecule has 0 aliphatic rings. The van der Waals surface area contributed by atoms with Crippen molar-refractivity contribution in [1.29, 1.82) is 0 Å². The number of nitrogens with two attached hydrogens (primary N) is 1.